The van der Waals surface area contributed by atoms with Gasteiger partial charge in [-0.1, -0.05) is 56.5 Å². The van der Waals surface area contributed by atoms with Crippen LogP contribution in [0, 0.1) is 19.8 Å². The minimum Gasteiger partial charge on any atom is -0.468 e. The van der Waals surface area contributed by atoms with Crippen molar-refractivity contribution >= 4 is 23.9 Å². The average molecular weight is 506 g/mol. The Morgan fingerprint density at radius 1 is 1.03 bits per heavy atom. The lowest BCUT2D eigenvalue weighted by Gasteiger charge is -2.36. The number of methoxy groups -OCH3 is 1. The molecule has 0 aliphatic carbocycles. The number of nitrogens with one attached hydrogen (secondary N) is 2. The predicted molar refractivity (Wildman–Crippen MR) is 138 cm³/mol. The highest BCUT2D eigenvalue weighted by atomic mass is 16.6. The third-order valence-corrected chi connectivity index (χ3v) is 5.65. The van der Waals surface area contributed by atoms with Gasteiger partial charge in [0.05, 0.1) is 7.11 Å². The first kappa shape index (κ1) is 30.9. The van der Waals surface area contributed by atoms with Gasteiger partial charge >= 0.3 is 12.1 Å². The van der Waals surface area contributed by atoms with Gasteiger partial charge in [0.25, 0.3) is 0 Å². The van der Waals surface area contributed by atoms with Gasteiger partial charge in [0, 0.05) is 6.54 Å². The van der Waals surface area contributed by atoms with Crippen LogP contribution in [-0.2, 0) is 23.9 Å². The molecule has 0 heterocycles. The maximum Gasteiger partial charge on any atom is 0.408 e. The third kappa shape index (κ3) is 9.51. The van der Waals surface area contributed by atoms with Crippen LogP contribution >= 0.6 is 0 Å². The lowest BCUT2D eigenvalue weighted by atomic mass is 9.94. The topological polar surface area (TPSA) is 114 Å². The summed E-state index contributed by atoms with van der Waals surface area (Å²) in [6.07, 6.45) is 0.502. The van der Waals surface area contributed by atoms with E-state index in [1.807, 2.05) is 52.8 Å². The van der Waals surface area contributed by atoms with E-state index in [9.17, 15) is 19.2 Å². The molecular weight excluding hydrogens is 462 g/mol. The highest BCUT2D eigenvalue weighted by Crippen LogP contribution is 2.26. The van der Waals surface area contributed by atoms with E-state index in [0.717, 1.165) is 11.1 Å². The minimum atomic E-state index is -1.01. The molecule has 1 aromatic rings. The van der Waals surface area contributed by atoms with Crippen molar-refractivity contribution in [2.45, 2.75) is 85.9 Å². The Labute approximate surface area is 215 Å². The molecule has 0 bridgehead atoms. The van der Waals surface area contributed by atoms with Crippen molar-refractivity contribution in [3.63, 3.8) is 0 Å². The van der Waals surface area contributed by atoms with E-state index in [2.05, 4.69) is 15.4 Å². The van der Waals surface area contributed by atoms with Crippen molar-refractivity contribution in [2.24, 2.45) is 5.92 Å². The summed E-state index contributed by atoms with van der Waals surface area (Å²) in [4.78, 5) is 53.3. The zero-order valence-electron chi connectivity index (χ0n) is 23.2. The first-order valence-corrected chi connectivity index (χ1v) is 12.5. The Hall–Kier alpha value is -3.10. The van der Waals surface area contributed by atoms with Crippen molar-refractivity contribution in [1.29, 1.82) is 0 Å². The smallest absolute Gasteiger partial charge is 0.408 e. The molecular formula is C27H43N3O6. The number of hydrogen-bond acceptors (Lipinski definition) is 6. The molecule has 9 nitrogen and oxygen atoms in total. The van der Waals surface area contributed by atoms with Crippen LogP contribution < -0.4 is 10.6 Å². The number of carbonyl (C=O) groups is 4. The van der Waals surface area contributed by atoms with Crippen LogP contribution in [0.5, 0.6) is 0 Å². The molecule has 0 fully saturated rings. The molecule has 2 N–H and O–H groups in total. The van der Waals surface area contributed by atoms with Gasteiger partial charge in [0.2, 0.25) is 11.8 Å². The monoisotopic (exact) mass is 505 g/mol. The summed E-state index contributed by atoms with van der Waals surface area (Å²) < 4.78 is 10.1. The highest BCUT2D eigenvalue weighted by molar-refractivity contribution is 5.93. The summed E-state index contributed by atoms with van der Waals surface area (Å²) in [7, 11) is 1.24. The van der Waals surface area contributed by atoms with Crippen LogP contribution in [-0.4, -0.2) is 60.6 Å². The standard InChI is InChI=1S/C27H43N3O6/c1-10-12-30(25(33)22(19(5)11-2)29-26(34)36-27(6,7)8)23(24(32)28-16-21(31)35-9)20-14-17(3)13-18(4)15-20/h13-15,19,22-23H,10-12,16H2,1-9H3,(H,28,32)(H,29,34). The van der Waals surface area contributed by atoms with Crippen molar-refractivity contribution in [2.75, 3.05) is 20.2 Å². The van der Waals surface area contributed by atoms with Crippen LogP contribution in [0.25, 0.3) is 0 Å². The van der Waals surface area contributed by atoms with Gasteiger partial charge in [-0.15, -0.1) is 0 Å². The number of amides is 3. The highest BCUT2D eigenvalue weighted by Gasteiger charge is 2.38. The number of esters is 1. The molecule has 0 saturated carbocycles. The summed E-state index contributed by atoms with van der Waals surface area (Å²) in [6.45, 7) is 14.7. The van der Waals surface area contributed by atoms with Gasteiger partial charge in [-0.2, -0.15) is 0 Å². The number of aryl methyl sites for hydroxylation is 2. The van der Waals surface area contributed by atoms with Crippen LogP contribution in [0.4, 0.5) is 4.79 Å². The largest absolute Gasteiger partial charge is 0.468 e. The van der Waals surface area contributed by atoms with Crippen molar-refractivity contribution in [3.8, 4) is 0 Å². The fraction of sp³-hybridized carbons (Fsp3) is 0.630. The van der Waals surface area contributed by atoms with Gasteiger partial charge in [0.15, 0.2) is 0 Å². The molecule has 0 radical (unpaired) electrons. The number of alkyl carbamates (subject to hydrolysis) is 1. The lowest BCUT2D eigenvalue weighted by Crippen LogP contribution is -2.55. The van der Waals surface area contributed by atoms with Gasteiger partial charge in [0.1, 0.15) is 24.2 Å². The van der Waals surface area contributed by atoms with E-state index in [-0.39, 0.29) is 19.0 Å². The summed E-state index contributed by atoms with van der Waals surface area (Å²) in [5, 5.41) is 5.33. The fourth-order valence-corrected chi connectivity index (χ4v) is 3.87. The first-order chi connectivity index (χ1) is 16.7. The molecule has 3 atom stereocenters. The Morgan fingerprint density at radius 3 is 2.08 bits per heavy atom. The molecule has 9 heteroatoms. The molecule has 0 aromatic heterocycles. The second kappa shape index (κ2) is 13.8. The number of hydrogen-bond donors (Lipinski definition) is 2. The molecule has 0 aliphatic heterocycles. The van der Waals surface area contributed by atoms with Gasteiger partial charge in [-0.05, 0) is 52.5 Å². The fourth-order valence-electron chi connectivity index (χ4n) is 3.87. The SMILES string of the molecule is CCCN(C(=O)C(NC(=O)OC(C)(C)C)C(C)CC)C(C(=O)NCC(=O)OC)c1cc(C)cc(C)c1. The third-order valence-electron chi connectivity index (χ3n) is 5.65. The molecule has 202 valence electrons. The van der Waals surface area contributed by atoms with E-state index >= 15 is 0 Å². The van der Waals surface area contributed by atoms with Gasteiger partial charge < -0.3 is 25.0 Å². The second-order valence-corrected chi connectivity index (χ2v) is 10.2. The lowest BCUT2D eigenvalue weighted by molar-refractivity contribution is -0.145. The molecule has 1 rings (SSSR count). The maximum absolute atomic E-state index is 14.0. The molecule has 3 unspecified atom stereocenters. The summed E-state index contributed by atoms with van der Waals surface area (Å²) in [5.74, 6) is -1.72. The van der Waals surface area contributed by atoms with Crippen LogP contribution in [0.3, 0.4) is 0 Å². The summed E-state index contributed by atoms with van der Waals surface area (Å²) in [5.41, 5.74) is 1.76. The Bertz CT molecular complexity index is 904. The van der Waals surface area contributed by atoms with Gasteiger partial charge in [-0.25, -0.2) is 4.79 Å². The molecule has 0 saturated heterocycles. The predicted octanol–water partition coefficient (Wildman–Crippen LogP) is 3.81. The number of nitrogens with zero attached hydrogens (tertiary/aromatic N) is 1. The molecule has 0 aliphatic rings. The van der Waals surface area contributed by atoms with E-state index in [4.69, 9.17) is 4.74 Å². The van der Waals surface area contributed by atoms with Crippen LogP contribution in [0.1, 0.15) is 77.1 Å². The normalized spacial score (nSPS) is 13.7. The minimum absolute atomic E-state index is 0.220. The average Bonchev–Trinajstić information content (AvgIpc) is 2.77. The van der Waals surface area contributed by atoms with Crippen molar-refractivity contribution < 1.29 is 28.7 Å². The van der Waals surface area contributed by atoms with Crippen molar-refractivity contribution in [1.82, 2.24) is 15.5 Å². The van der Waals surface area contributed by atoms with E-state index in [1.165, 1.54) is 12.0 Å². The number of benzene rings is 1. The Morgan fingerprint density at radius 2 is 1.61 bits per heavy atom. The Balaban J connectivity index is 3.51. The Kier molecular flexibility index (Phi) is 11.9. The molecule has 1 aromatic carbocycles. The number of ether oxygens (including phenoxy) is 2. The zero-order chi connectivity index (χ0) is 27.6. The zero-order valence-corrected chi connectivity index (χ0v) is 23.2. The van der Waals surface area contributed by atoms with E-state index in [0.29, 0.717) is 18.4 Å². The van der Waals surface area contributed by atoms with Crippen molar-refractivity contribution in [3.05, 3.63) is 34.9 Å². The molecule has 36 heavy (non-hydrogen) atoms. The first-order valence-electron chi connectivity index (χ1n) is 12.5. The van der Waals surface area contributed by atoms with Gasteiger partial charge in [-0.3, -0.25) is 14.4 Å². The molecule has 0 spiro atoms. The van der Waals surface area contributed by atoms with Crippen LogP contribution in [0.2, 0.25) is 0 Å². The van der Waals surface area contributed by atoms with Crippen LogP contribution in [0.15, 0.2) is 18.2 Å². The number of carbonyl (C=O) groups excluding carboxylic acids is 4. The quantitative estimate of drug-likeness (QED) is 0.442. The second-order valence-electron chi connectivity index (χ2n) is 10.2. The summed E-state index contributed by atoms with van der Waals surface area (Å²) in [6, 6.07) is 3.77. The summed E-state index contributed by atoms with van der Waals surface area (Å²) >= 11 is 0. The molecule has 3 amide bonds. The maximum atomic E-state index is 14.0. The van der Waals surface area contributed by atoms with E-state index in [1.54, 1.807) is 20.8 Å². The van der Waals surface area contributed by atoms with E-state index < -0.39 is 41.6 Å². The number of rotatable bonds is 11.